The van der Waals surface area contributed by atoms with E-state index in [0.29, 0.717) is 6.42 Å². The number of ether oxygens (including phenoxy) is 3. The molecule has 2 fully saturated rings. The Balaban J connectivity index is 1.69. The lowest BCUT2D eigenvalue weighted by Gasteiger charge is -2.64. The quantitative estimate of drug-likeness (QED) is 0.545. The molecular weight excluding hydrogens is 420 g/mol. The summed E-state index contributed by atoms with van der Waals surface area (Å²) in [5, 5.41) is 1.23. The Morgan fingerprint density at radius 3 is 2.52 bits per heavy atom. The third-order valence-corrected chi connectivity index (χ3v) is 8.21. The van der Waals surface area contributed by atoms with E-state index in [1.165, 1.54) is 10.9 Å². The molecular formula is C26H34N2O5. The Kier molecular flexibility index (Phi) is 5.52. The maximum atomic E-state index is 13.3. The number of nitrogens with one attached hydrogen (secondary N) is 1. The zero-order valence-corrected chi connectivity index (χ0v) is 19.9. The molecule has 178 valence electrons. The second kappa shape index (κ2) is 8.13. The summed E-state index contributed by atoms with van der Waals surface area (Å²) in [6.45, 7) is 7.88. The van der Waals surface area contributed by atoms with E-state index in [9.17, 15) is 9.59 Å². The van der Waals surface area contributed by atoms with Gasteiger partial charge in [-0.15, -0.1) is 0 Å². The second-order valence-electron chi connectivity index (χ2n) is 9.63. The summed E-state index contributed by atoms with van der Waals surface area (Å²) in [6.07, 6.45) is 3.95. The minimum absolute atomic E-state index is 0.0439. The molecule has 1 spiro atoms. The molecule has 1 aromatic heterocycles. The van der Waals surface area contributed by atoms with Crippen LogP contribution in [0.15, 0.2) is 24.3 Å². The smallest absolute Gasteiger partial charge is 0.325 e. The molecule has 7 heteroatoms. The zero-order valence-electron chi connectivity index (χ0n) is 19.9. The number of aromatic amines is 1. The molecule has 3 aliphatic heterocycles. The fourth-order valence-corrected chi connectivity index (χ4v) is 6.77. The molecule has 0 saturated carbocycles. The first-order valence-electron chi connectivity index (χ1n) is 12.3. The normalized spacial score (nSPS) is 28.5. The van der Waals surface area contributed by atoms with Gasteiger partial charge in [0, 0.05) is 29.4 Å². The van der Waals surface area contributed by atoms with Crippen LogP contribution in [0.4, 0.5) is 0 Å². The van der Waals surface area contributed by atoms with Crippen LogP contribution in [0.25, 0.3) is 10.9 Å². The van der Waals surface area contributed by atoms with Gasteiger partial charge in [-0.2, -0.15) is 0 Å². The second-order valence-corrected chi connectivity index (χ2v) is 9.63. The van der Waals surface area contributed by atoms with Gasteiger partial charge >= 0.3 is 11.9 Å². The third kappa shape index (κ3) is 2.94. The molecule has 0 unspecified atom stereocenters. The SMILES string of the molecule is CCOC(=O)C1(C(=O)OCC)CO[C@@]23c4[nH]c5ccccc5c4CCN2CCC[C@@]3(CC)C1. The van der Waals surface area contributed by atoms with Crippen molar-refractivity contribution in [3.8, 4) is 0 Å². The molecule has 33 heavy (non-hydrogen) atoms. The standard InChI is InChI=1S/C26H34N2O5/c1-4-24-13-9-14-28-15-12-19-18-10-7-8-11-20(18)27-21(19)26(24,28)33-17-25(16-24,22(29)31-5-2)23(30)32-6-3/h7-8,10-11,27H,4-6,9,12-17H2,1-3H3/t24-,26+/m0/s1. The molecule has 0 amide bonds. The van der Waals surface area contributed by atoms with Crippen molar-refractivity contribution in [2.24, 2.45) is 10.8 Å². The average Bonchev–Trinajstić information content (AvgIpc) is 3.22. The molecule has 0 aliphatic carbocycles. The van der Waals surface area contributed by atoms with Crippen LogP contribution < -0.4 is 0 Å². The Bertz CT molecular complexity index is 1060. The monoisotopic (exact) mass is 454 g/mol. The number of esters is 2. The van der Waals surface area contributed by atoms with Crippen molar-refractivity contribution in [1.29, 1.82) is 0 Å². The van der Waals surface area contributed by atoms with E-state index in [1.807, 2.05) is 6.07 Å². The van der Waals surface area contributed by atoms with Crippen LogP contribution in [0.3, 0.4) is 0 Å². The lowest BCUT2D eigenvalue weighted by atomic mass is 9.56. The minimum atomic E-state index is -1.44. The molecule has 5 rings (SSSR count). The summed E-state index contributed by atoms with van der Waals surface area (Å²) in [4.78, 5) is 32.7. The highest BCUT2D eigenvalue weighted by atomic mass is 16.6. The summed E-state index contributed by atoms with van der Waals surface area (Å²) in [5.41, 5.74) is 0.915. The third-order valence-electron chi connectivity index (χ3n) is 8.21. The molecule has 2 saturated heterocycles. The van der Waals surface area contributed by atoms with Gasteiger partial charge in [-0.3, -0.25) is 14.5 Å². The van der Waals surface area contributed by atoms with Gasteiger partial charge in [0.25, 0.3) is 0 Å². The number of piperidine rings is 1. The predicted octanol–water partition coefficient (Wildman–Crippen LogP) is 3.90. The highest BCUT2D eigenvalue weighted by molar-refractivity contribution is 6.00. The zero-order chi connectivity index (χ0) is 23.3. The summed E-state index contributed by atoms with van der Waals surface area (Å²) in [5.74, 6) is -1.06. The van der Waals surface area contributed by atoms with Crippen molar-refractivity contribution >= 4 is 22.8 Å². The number of benzene rings is 1. The fraction of sp³-hybridized carbons (Fsp3) is 0.615. The van der Waals surface area contributed by atoms with Crippen LogP contribution in [0.2, 0.25) is 0 Å². The number of rotatable bonds is 5. The molecule has 1 aromatic carbocycles. The fourth-order valence-electron chi connectivity index (χ4n) is 6.77. The lowest BCUT2D eigenvalue weighted by Crippen LogP contribution is -2.70. The molecule has 7 nitrogen and oxygen atoms in total. The van der Waals surface area contributed by atoms with Crippen LogP contribution in [-0.2, 0) is 35.9 Å². The number of fused-ring (bicyclic) bond motifs is 3. The Morgan fingerprint density at radius 2 is 1.82 bits per heavy atom. The van der Waals surface area contributed by atoms with Crippen LogP contribution in [0, 0.1) is 10.8 Å². The topological polar surface area (TPSA) is 80.9 Å². The number of H-pyrrole nitrogens is 1. The molecule has 1 N–H and O–H groups in total. The highest BCUT2D eigenvalue weighted by Crippen LogP contribution is 2.63. The number of carbonyl (C=O) groups excluding carboxylic acids is 2. The van der Waals surface area contributed by atoms with Gasteiger partial charge in [0.05, 0.1) is 25.5 Å². The Labute approximate surface area is 194 Å². The predicted molar refractivity (Wildman–Crippen MR) is 123 cm³/mol. The average molecular weight is 455 g/mol. The molecule has 0 bridgehead atoms. The van der Waals surface area contributed by atoms with E-state index in [-0.39, 0.29) is 19.8 Å². The number of aromatic nitrogens is 1. The van der Waals surface area contributed by atoms with Crippen LogP contribution in [0.1, 0.15) is 57.7 Å². The maximum absolute atomic E-state index is 13.3. The number of nitrogens with zero attached hydrogens (tertiary/aromatic N) is 1. The summed E-state index contributed by atoms with van der Waals surface area (Å²) < 4.78 is 17.7. The molecule has 2 atom stereocenters. The van der Waals surface area contributed by atoms with Crippen molar-refractivity contribution in [1.82, 2.24) is 9.88 Å². The summed E-state index contributed by atoms with van der Waals surface area (Å²) in [7, 11) is 0. The van der Waals surface area contributed by atoms with Gasteiger partial charge in [0.15, 0.2) is 11.1 Å². The van der Waals surface area contributed by atoms with Gasteiger partial charge in [0.2, 0.25) is 0 Å². The molecule has 0 radical (unpaired) electrons. The van der Waals surface area contributed by atoms with Crippen molar-refractivity contribution in [2.45, 2.75) is 58.6 Å². The van der Waals surface area contributed by atoms with Gasteiger partial charge in [-0.25, -0.2) is 0 Å². The lowest BCUT2D eigenvalue weighted by molar-refractivity contribution is -0.314. The van der Waals surface area contributed by atoms with Crippen molar-refractivity contribution in [2.75, 3.05) is 32.9 Å². The summed E-state index contributed by atoms with van der Waals surface area (Å²) >= 11 is 0. The van der Waals surface area contributed by atoms with Crippen molar-refractivity contribution in [3.63, 3.8) is 0 Å². The first-order valence-corrected chi connectivity index (χ1v) is 12.3. The van der Waals surface area contributed by atoms with E-state index >= 15 is 0 Å². The minimum Gasteiger partial charge on any atom is -0.465 e. The molecule has 2 aromatic rings. The van der Waals surface area contributed by atoms with Crippen molar-refractivity contribution < 1.29 is 23.8 Å². The van der Waals surface area contributed by atoms with E-state index in [0.717, 1.165) is 50.0 Å². The highest BCUT2D eigenvalue weighted by Gasteiger charge is 2.69. The summed E-state index contributed by atoms with van der Waals surface area (Å²) in [6, 6.07) is 8.39. The van der Waals surface area contributed by atoms with E-state index in [2.05, 4.69) is 35.0 Å². The number of hydrogen-bond donors (Lipinski definition) is 1. The molecule has 3 aliphatic rings. The first-order chi connectivity index (χ1) is 16.0. The Morgan fingerprint density at radius 1 is 1.09 bits per heavy atom. The molecule has 4 heterocycles. The van der Waals surface area contributed by atoms with Gasteiger partial charge in [-0.1, -0.05) is 25.1 Å². The first kappa shape index (κ1) is 22.4. The van der Waals surface area contributed by atoms with E-state index in [1.54, 1.807) is 13.8 Å². The van der Waals surface area contributed by atoms with Crippen molar-refractivity contribution in [3.05, 3.63) is 35.5 Å². The van der Waals surface area contributed by atoms with Crippen LogP contribution in [-0.4, -0.2) is 54.7 Å². The Hall–Kier alpha value is -2.38. The van der Waals surface area contributed by atoms with Crippen LogP contribution >= 0.6 is 0 Å². The van der Waals surface area contributed by atoms with Gasteiger partial charge < -0.3 is 19.2 Å². The number of hydrogen-bond acceptors (Lipinski definition) is 6. The van der Waals surface area contributed by atoms with Crippen LogP contribution in [0.5, 0.6) is 0 Å². The number of carbonyl (C=O) groups is 2. The van der Waals surface area contributed by atoms with Gasteiger partial charge in [-0.05, 0) is 57.6 Å². The van der Waals surface area contributed by atoms with E-state index in [4.69, 9.17) is 14.2 Å². The largest absolute Gasteiger partial charge is 0.465 e. The van der Waals surface area contributed by atoms with E-state index < -0.39 is 28.5 Å². The van der Waals surface area contributed by atoms with Gasteiger partial charge in [0.1, 0.15) is 0 Å². The number of para-hydroxylation sites is 1. The maximum Gasteiger partial charge on any atom is 0.325 e.